The summed E-state index contributed by atoms with van der Waals surface area (Å²) in [5, 5.41) is 3.43. The predicted molar refractivity (Wildman–Crippen MR) is 94.0 cm³/mol. The Kier molecular flexibility index (Phi) is 4.95. The molecule has 3 rings (SSSR count). The zero-order valence-electron chi connectivity index (χ0n) is 14.2. The van der Waals surface area contributed by atoms with Gasteiger partial charge in [-0.3, -0.25) is 14.5 Å². The SMILES string of the molecule is C[C@@H](NC(=O)CN(C)Cc1nc2ccccc2c(=O)[nH]1)c1ccco1. The third-order valence-electron chi connectivity index (χ3n) is 3.84. The Morgan fingerprint density at radius 2 is 2.12 bits per heavy atom. The predicted octanol–water partition coefficient (Wildman–Crippen LogP) is 1.83. The minimum absolute atomic E-state index is 0.130. The van der Waals surface area contributed by atoms with Crippen LogP contribution in [0, 0.1) is 0 Å². The van der Waals surface area contributed by atoms with Gasteiger partial charge < -0.3 is 14.7 Å². The number of nitrogens with one attached hydrogen (secondary N) is 2. The highest BCUT2D eigenvalue weighted by Crippen LogP contribution is 2.12. The average Bonchev–Trinajstić information content (AvgIpc) is 3.09. The summed E-state index contributed by atoms with van der Waals surface area (Å²) in [4.78, 5) is 33.2. The molecule has 0 aliphatic rings. The largest absolute Gasteiger partial charge is 0.467 e. The first kappa shape index (κ1) is 16.9. The van der Waals surface area contributed by atoms with Gasteiger partial charge in [-0.15, -0.1) is 0 Å². The molecule has 1 amide bonds. The molecular formula is C18H20N4O3. The van der Waals surface area contributed by atoms with Gasteiger partial charge in [-0.1, -0.05) is 12.1 Å². The molecule has 0 saturated heterocycles. The number of furan rings is 1. The molecule has 0 spiro atoms. The molecule has 25 heavy (non-hydrogen) atoms. The first-order valence-corrected chi connectivity index (χ1v) is 8.02. The lowest BCUT2D eigenvalue weighted by molar-refractivity contribution is -0.122. The Balaban J connectivity index is 1.61. The number of para-hydroxylation sites is 1. The van der Waals surface area contributed by atoms with E-state index in [0.29, 0.717) is 29.0 Å². The van der Waals surface area contributed by atoms with Crippen LogP contribution in [0.25, 0.3) is 10.9 Å². The summed E-state index contributed by atoms with van der Waals surface area (Å²) in [6.07, 6.45) is 1.58. The summed E-state index contributed by atoms with van der Waals surface area (Å²) in [6, 6.07) is 10.6. The van der Waals surface area contributed by atoms with Crippen molar-refractivity contribution in [2.24, 2.45) is 0 Å². The van der Waals surface area contributed by atoms with E-state index in [-0.39, 0.29) is 24.1 Å². The molecular weight excluding hydrogens is 320 g/mol. The van der Waals surface area contributed by atoms with E-state index in [1.165, 1.54) is 0 Å². The third-order valence-corrected chi connectivity index (χ3v) is 3.84. The van der Waals surface area contributed by atoms with Crippen molar-refractivity contribution in [3.63, 3.8) is 0 Å². The van der Waals surface area contributed by atoms with Gasteiger partial charge in [-0.25, -0.2) is 4.98 Å². The highest BCUT2D eigenvalue weighted by molar-refractivity contribution is 5.78. The van der Waals surface area contributed by atoms with E-state index in [2.05, 4.69) is 15.3 Å². The van der Waals surface area contributed by atoms with Gasteiger partial charge in [0.1, 0.15) is 11.6 Å². The molecule has 0 saturated carbocycles. The van der Waals surface area contributed by atoms with Crippen molar-refractivity contribution in [3.05, 3.63) is 64.6 Å². The molecule has 130 valence electrons. The summed E-state index contributed by atoms with van der Waals surface area (Å²) >= 11 is 0. The normalized spacial score (nSPS) is 12.4. The number of carbonyl (C=O) groups is 1. The maximum absolute atomic E-state index is 12.1. The number of nitrogens with zero attached hydrogens (tertiary/aromatic N) is 2. The fourth-order valence-electron chi connectivity index (χ4n) is 2.66. The number of carbonyl (C=O) groups excluding carboxylic acids is 1. The maximum Gasteiger partial charge on any atom is 0.258 e. The summed E-state index contributed by atoms with van der Waals surface area (Å²) in [5.74, 6) is 1.10. The molecule has 3 aromatic rings. The van der Waals surface area contributed by atoms with Crippen LogP contribution in [0.2, 0.25) is 0 Å². The minimum atomic E-state index is -0.200. The lowest BCUT2D eigenvalue weighted by Gasteiger charge is -2.17. The van der Waals surface area contributed by atoms with E-state index in [9.17, 15) is 9.59 Å². The second-order valence-corrected chi connectivity index (χ2v) is 6.01. The van der Waals surface area contributed by atoms with E-state index in [1.807, 2.05) is 19.1 Å². The van der Waals surface area contributed by atoms with Crippen molar-refractivity contribution in [1.29, 1.82) is 0 Å². The molecule has 2 heterocycles. The van der Waals surface area contributed by atoms with Gasteiger partial charge in [0.05, 0.1) is 36.3 Å². The first-order chi connectivity index (χ1) is 12.0. The molecule has 0 unspecified atom stereocenters. The van der Waals surface area contributed by atoms with Gasteiger partial charge in [-0.2, -0.15) is 0 Å². The van der Waals surface area contributed by atoms with Crippen molar-refractivity contribution in [3.8, 4) is 0 Å². The van der Waals surface area contributed by atoms with Gasteiger partial charge in [-0.05, 0) is 38.2 Å². The molecule has 1 atom stereocenters. The number of hydrogen-bond acceptors (Lipinski definition) is 5. The third kappa shape index (κ3) is 4.13. The Hall–Kier alpha value is -2.93. The monoisotopic (exact) mass is 340 g/mol. The molecule has 0 bridgehead atoms. The Morgan fingerprint density at radius 3 is 2.88 bits per heavy atom. The van der Waals surface area contributed by atoms with Crippen LogP contribution in [0.4, 0.5) is 0 Å². The summed E-state index contributed by atoms with van der Waals surface area (Å²) in [5.41, 5.74) is 0.468. The van der Waals surface area contributed by atoms with Crippen LogP contribution in [-0.2, 0) is 11.3 Å². The van der Waals surface area contributed by atoms with Crippen LogP contribution >= 0.6 is 0 Å². The molecule has 7 heteroatoms. The second kappa shape index (κ2) is 7.31. The molecule has 1 aromatic carbocycles. The standard InChI is InChI=1S/C18H20N4O3/c1-12(15-8-5-9-25-15)19-17(23)11-22(2)10-16-20-14-7-4-3-6-13(14)18(24)21-16/h3-9,12H,10-11H2,1-2H3,(H,19,23)(H,20,21,24)/t12-/m1/s1. The highest BCUT2D eigenvalue weighted by Gasteiger charge is 2.14. The lowest BCUT2D eigenvalue weighted by atomic mass is 10.2. The van der Waals surface area contributed by atoms with Gasteiger partial charge in [0.2, 0.25) is 5.91 Å². The van der Waals surface area contributed by atoms with Crippen LogP contribution < -0.4 is 10.9 Å². The number of rotatable bonds is 6. The molecule has 2 aromatic heterocycles. The Bertz CT molecular complexity index is 917. The number of amides is 1. The van der Waals surface area contributed by atoms with Gasteiger partial charge in [0, 0.05) is 0 Å². The molecule has 2 N–H and O–H groups in total. The van der Waals surface area contributed by atoms with Crippen molar-refractivity contribution in [2.45, 2.75) is 19.5 Å². The van der Waals surface area contributed by atoms with Crippen LogP contribution in [0.3, 0.4) is 0 Å². The fourth-order valence-corrected chi connectivity index (χ4v) is 2.66. The smallest absolute Gasteiger partial charge is 0.258 e. The number of benzene rings is 1. The zero-order valence-corrected chi connectivity index (χ0v) is 14.2. The Labute approximate surface area is 144 Å². The van der Waals surface area contributed by atoms with E-state index < -0.39 is 0 Å². The molecule has 0 radical (unpaired) electrons. The molecule has 7 nitrogen and oxygen atoms in total. The summed E-state index contributed by atoms with van der Waals surface area (Å²) in [7, 11) is 1.80. The van der Waals surface area contributed by atoms with Crippen LogP contribution in [0.1, 0.15) is 24.6 Å². The van der Waals surface area contributed by atoms with Crippen LogP contribution in [0.15, 0.2) is 51.9 Å². The second-order valence-electron chi connectivity index (χ2n) is 6.01. The minimum Gasteiger partial charge on any atom is -0.467 e. The van der Waals surface area contributed by atoms with Crippen molar-refractivity contribution in [2.75, 3.05) is 13.6 Å². The van der Waals surface area contributed by atoms with Crippen molar-refractivity contribution < 1.29 is 9.21 Å². The summed E-state index contributed by atoms with van der Waals surface area (Å²) in [6.45, 7) is 2.41. The highest BCUT2D eigenvalue weighted by atomic mass is 16.3. The average molecular weight is 340 g/mol. The van der Waals surface area contributed by atoms with E-state index in [1.54, 1.807) is 42.5 Å². The lowest BCUT2D eigenvalue weighted by Crippen LogP contribution is -2.36. The van der Waals surface area contributed by atoms with Gasteiger partial charge >= 0.3 is 0 Å². The number of likely N-dealkylation sites (N-methyl/N-ethyl adjacent to an activating group) is 1. The zero-order chi connectivity index (χ0) is 17.8. The molecule has 0 aliphatic heterocycles. The fraction of sp³-hybridized carbons (Fsp3) is 0.278. The Morgan fingerprint density at radius 1 is 1.32 bits per heavy atom. The number of aromatic nitrogens is 2. The number of aromatic amines is 1. The van der Waals surface area contributed by atoms with Crippen LogP contribution in [0.5, 0.6) is 0 Å². The van der Waals surface area contributed by atoms with Gasteiger partial charge in [0.15, 0.2) is 0 Å². The van der Waals surface area contributed by atoms with Crippen molar-refractivity contribution in [1.82, 2.24) is 20.2 Å². The number of hydrogen-bond donors (Lipinski definition) is 2. The van der Waals surface area contributed by atoms with Crippen molar-refractivity contribution >= 4 is 16.8 Å². The van der Waals surface area contributed by atoms with E-state index >= 15 is 0 Å². The van der Waals surface area contributed by atoms with Crippen LogP contribution in [-0.4, -0.2) is 34.4 Å². The van der Waals surface area contributed by atoms with Gasteiger partial charge in [0.25, 0.3) is 5.56 Å². The van der Waals surface area contributed by atoms with E-state index in [0.717, 1.165) is 0 Å². The summed E-state index contributed by atoms with van der Waals surface area (Å²) < 4.78 is 5.27. The maximum atomic E-state index is 12.1. The number of fused-ring (bicyclic) bond motifs is 1. The number of H-pyrrole nitrogens is 1. The quantitative estimate of drug-likeness (QED) is 0.714. The molecule has 0 fully saturated rings. The first-order valence-electron chi connectivity index (χ1n) is 8.02. The van der Waals surface area contributed by atoms with E-state index in [4.69, 9.17) is 4.42 Å². The molecule has 0 aliphatic carbocycles. The topological polar surface area (TPSA) is 91.2 Å².